The van der Waals surface area contributed by atoms with Crippen molar-refractivity contribution in [2.24, 2.45) is 4.40 Å². The highest BCUT2D eigenvalue weighted by molar-refractivity contribution is 7.91. The van der Waals surface area contributed by atoms with Crippen molar-refractivity contribution in [3.05, 3.63) is 24.5 Å². The molecule has 0 fully saturated rings. The fourth-order valence-corrected chi connectivity index (χ4v) is 1.70. The minimum absolute atomic E-state index is 0.819. The number of hydrogen-bond donors (Lipinski definition) is 0. The van der Waals surface area contributed by atoms with Gasteiger partial charge in [0.15, 0.2) is 0 Å². The zero-order valence-electron chi connectivity index (χ0n) is 11.8. The first-order chi connectivity index (χ1) is 8.54. The van der Waals surface area contributed by atoms with Crippen LogP contribution in [0.15, 0.2) is 28.9 Å². The van der Waals surface area contributed by atoms with Crippen molar-refractivity contribution in [2.45, 2.75) is 25.5 Å². The molecule has 1 heterocycles. The normalized spacial score (nSPS) is 13.4. The van der Waals surface area contributed by atoms with Crippen LogP contribution in [-0.4, -0.2) is 33.3 Å². The Kier molecular flexibility index (Phi) is 4.19. The minimum Gasteiger partial charge on any atom is -0.806 e. The molecule has 0 aliphatic rings. The number of rotatable bonds is 2. The van der Waals surface area contributed by atoms with Gasteiger partial charge in [-0.3, -0.25) is 0 Å². The van der Waals surface area contributed by atoms with E-state index in [0.717, 1.165) is 10.3 Å². The summed E-state index contributed by atoms with van der Waals surface area (Å²) in [4.78, 5) is 1.87. The average Bonchev–Trinajstić information content (AvgIpc) is 2.27. The fourth-order valence-electron chi connectivity index (χ4n) is 1.13. The zero-order valence-corrected chi connectivity index (χ0v) is 12.6. The molecule has 7 heteroatoms. The number of sulfonamides is 1. The third kappa shape index (κ3) is 3.66. The SMILES string of the molecule is CN(C)c1cc[n+](/C([O-])=N/S(=O)(=O)C(C)(C)C)cc1. The van der Waals surface area contributed by atoms with Crippen molar-refractivity contribution in [2.75, 3.05) is 19.0 Å². The van der Waals surface area contributed by atoms with E-state index in [1.807, 2.05) is 19.0 Å². The summed E-state index contributed by atoms with van der Waals surface area (Å²) in [7, 11) is -0.0854. The van der Waals surface area contributed by atoms with Crippen molar-refractivity contribution in [3.8, 4) is 0 Å². The Morgan fingerprint density at radius 3 is 2.11 bits per heavy atom. The van der Waals surface area contributed by atoms with Gasteiger partial charge >= 0.3 is 10.0 Å². The van der Waals surface area contributed by atoms with E-state index in [2.05, 4.69) is 4.40 Å². The molecule has 0 amide bonds. The molecular formula is C12H19N3O3S. The first-order valence-electron chi connectivity index (χ1n) is 5.75. The third-order valence-corrected chi connectivity index (χ3v) is 4.47. The molecule has 0 spiro atoms. The van der Waals surface area contributed by atoms with Crippen LogP contribution in [0.1, 0.15) is 20.8 Å². The Hall–Kier alpha value is -1.63. The van der Waals surface area contributed by atoms with Gasteiger partial charge in [-0.05, 0) is 20.8 Å². The summed E-state index contributed by atoms with van der Waals surface area (Å²) >= 11 is 0. The lowest BCUT2D eigenvalue weighted by atomic mass is 10.3. The van der Waals surface area contributed by atoms with E-state index in [1.165, 1.54) is 33.2 Å². The summed E-state index contributed by atoms with van der Waals surface area (Å²) in [5.41, 5.74) is 0.905. The van der Waals surface area contributed by atoms with Gasteiger partial charge in [0.25, 0.3) is 6.02 Å². The monoisotopic (exact) mass is 285 g/mol. The topological polar surface area (TPSA) is 76.7 Å². The fraction of sp³-hybridized carbons (Fsp3) is 0.500. The Morgan fingerprint density at radius 2 is 1.74 bits per heavy atom. The third-order valence-electron chi connectivity index (χ3n) is 2.52. The van der Waals surface area contributed by atoms with Crippen LogP contribution in [0.2, 0.25) is 0 Å². The van der Waals surface area contributed by atoms with Crippen LogP contribution < -0.4 is 14.6 Å². The molecule has 0 atom stereocenters. The largest absolute Gasteiger partial charge is 0.806 e. The number of pyridine rings is 1. The summed E-state index contributed by atoms with van der Waals surface area (Å²) < 4.78 is 27.0. The average molecular weight is 285 g/mol. The predicted octanol–water partition coefficient (Wildman–Crippen LogP) is -0.267. The van der Waals surface area contributed by atoms with Crippen LogP contribution in [0, 0.1) is 0 Å². The maximum absolute atomic E-state index is 11.8. The highest BCUT2D eigenvalue weighted by atomic mass is 32.2. The van der Waals surface area contributed by atoms with Crippen molar-refractivity contribution >= 4 is 21.7 Å². The van der Waals surface area contributed by atoms with E-state index in [9.17, 15) is 13.5 Å². The van der Waals surface area contributed by atoms with Crippen LogP contribution in [0.3, 0.4) is 0 Å². The number of aromatic nitrogens is 1. The van der Waals surface area contributed by atoms with Crippen LogP contribution in [0.25, 0.3) is 0 Å². The molecule has 1 aromatic heterocycles. The smallest absolute Gasteiger partial charge is 0.343 e. The second kappa shape index (κ2) is 5.16. The molecule has 0 radical (unpaired) electrons. The molecule has 19 heavy (non-hydrogen) atoms. The van der Waals surface area contributed by atoms with Gasteiger partial charge in [0, 0.05) is 36.3 Å². The van der Waals surface area contributed by atoms with Crippen LogP contribution in [0.5, 0.6) is 0 Å². The lowest BCUT2D eigenvalue weighted by molar-refractivity contribution is -0.613. The Balaban J connectivity index is 3.11. The van der Waals surface area contributed by atoms with Gasteiger partial charge < -0.3 is 10.0 Å². The number of nitrogens with zero attached hydrogens (tertiary/aromatic N) is 3. The zero-order chi connectivity index (χ0) is 14.8. The maximum Gasteiger partial charge on any atom is 0.343 e. The summed E-state index contributed by atoms with van der Waals surface area (Å²) in [6, 6.07) is 2.59. The molecule has 0 unspecified atom stereocenters. The highest BCUT2D eigenvalue weighted by Gasteiger charge is 2.33. The van der Waals surface area contributed by atoms with Crippen LogP contribution in [-0.2, 0) is 10.0 Å². The maximum atomic E-state index is 11.8. The van der Waals surface area contributed by atoms with Crippen molar-refractivity contribution < 1.29 is 18.1 Å². The van der Waals surface area contributed by atoms with Crippen molar-refractivity contribution in [1.29, 1.82) is 0 Å². The van der Waals surface area contributed by atoms with Gasteiger partial charge in [-0.25, -0.2) is 4.57 Å². The molecule has 0 N–H and O–H groups in total. The molecule has 1 aromatic rings. The lowest BCUT2D eigenvalue weighted by Gasteiger charge is -2.14. The van der Waals surface area contributed by atoms with E-state index < -0.39 is 20.8 Å². The van der Waals surface area contributed by atoms with E-state index in [1.54, 1.807) is 12.1 Å². The van der Waals surface area contributed by atoms with Crippen molar-refractivity contribution in [3.63, 3.8) is 0 Å². The molecule has 0 bridgehead atoms. The molecule has 106 valence electrons. The highest BCUT2D eigenvalue weighted by Crippen LogP contribution is 2.16. The summed E-state index contributed by atoms with van der Waals surface area (Å²) in [6.07, 6.45) is 2.97. The van der Waals surface area contributed by atoms with Gasteiger partial charge in [0.1, 0.15) is 4.75 Å². The first kappa shape index (κ1) is 15.4. The van der Waals surface area contributed by atoms with E-state index >= 15 is 0 Å². The molecule has 0 saturated carbocycles. The summed E-state index contributed by atoms with van der Waals surface area (Å²) in [5.74, 6) is 0. The molecular weight excluding hydrogens is 266 g/mol. The summed E-state index contributed by atoms with van der Waals surface area (Å²) in [6.45, 7) is 4.50. The summed E-state index contributed by atoms with van der Waals surface area (Å²) in [5, 5.41) is 11.8. The Bertz CT molecular complexity index is 569. The standard InChI is InChI=1S/C12H19N3O3S/c1-12(2,3)19(17,18)13-11(16)15-8-6-10(7-9-15)14(4)5/h6-9H,1-5H3. The lowest BCUT2D eigenvalue weighted by Crippen LogP contribution is -2.51. The van der Waals surface area contributed by atoms with Crippen LogP contribution >= 0.6 is 0 Å². The van der Waals surface area contributed by atoms with Gasteiger partial charge in [-0.2, -0.15) is 8.42 Å². The molecule has 0 aliphatic carbocycles. The second-order valence-corrected chi connectivity index (χ2v) is 7.68. The van der Waals surface area contributed by atoms with E-state index in [0.29, 0.717) is 0 Å². The Morgan fingerprint density at radius 1 is 1.26 bits per heavy atom. The number of hydrogen-bond acceptors (Lipinski definition) is 4. The molecule has 0 aromatic carbocycles. The van der Waals surface area contributed by atoms with Gasteiger partial charge in [0.2, 0.25) is 0 Å². The van der Waals surface area contributed by atoms with E-state index in [-0.39, 0.29) is 0 Å². The van der Waals surface area contributed by atoms with Crippen molar-refractivity contribution in [1.82, 2.24) is 0 Å². The second-order valence-electron chi connectivity index (χ2n) is 5.32. The van der Waals surface area contributed by atoms with Gasteiger partial charge in [-0.15, -0.1) is 0 Å². The molecule has 0 saturated heterocycles. The minimum atomic E-state index is -3.83. The van der Waals surface area contributed by atoms with E-state index in [4.69, 9.17) is 0 Å². The molecule has 6 nitrogen and oxygen atoms in total. The Labute approximate surface area is 114 Å². The quantitative estimate of drug-likeness (QED) is 0.426. The molecule has 1 rings (SSSR count). The number of anilines is 1. The first-order valence-corrected chi connectivity index (χ1v) is 7.19. The predicted molar refractivity (Wildman–Crippen MR) is 72.5 cm³/mol. The van der Waals surface area contributed by atoms with Gasteiger partial charge in [-0.1, -0.05) is 0 Å². The van der Waals surface area contributed by atoms with Crippen LogP contribution in [0.4, 0.5) is 5.69 Å². The molecule has 0 aliphatic heterocycles. The van der Waals surface area contributed by atoms with Gasteiger partial charge in [0.05, 0.1) is 12.4 Å².